The number of para-hydroxylation sites is 1. The van der Waals surface area contributed by atoms with E-state index in [4.69, 9.17) is 0 Å². The molecule has 27 heavy (non-hydrogen) atoms. The second kappa shape index (κ2) is 8.85. The van der Waals surface area contributed by atoms with Crippen LogP contribution in [0.3, 0.4) is 0 Å². The summed E-state index contributed by atoms with van der Waals surface area (Å²) in [5.74, 6) is -0.0508. The summed E-state index contributed by atoms with van der Waals surface area (Å²) < 4.78 is 0. The highest BCUT2D eigenvalue weighted by Gasteiger charge is 2.28. The molecule has 1 saturated carbocycles. The topological polar surface area (TPSA) is 93.8 Å². The SMILES string of the molecule is C[C@@H](NC(=O)Nc1ccccc1)C(=O)N1CCN(CC(=O)NC2CC2)CC1. The van der Waals surface area contributed by atoms with E-state index in [1.807, 2.05) is 18.2 Å². The van der Waals surface area contributed by atoms with Gasteiger partial charge in [0.15, 0.2) is 0 Å². The molecule has 8 heteroatoms. The van der Waals surface area contributed by atoms with Crippen LogP contribution in [0.15, 0.2) is 30.3 Å². The van der Waals surface area contributed by atoms with Crippen LogP contribution in [0.25, 0.3) is 0 Å². The summed E-state index contributed by atoms with van der Waals surface area (Å²) in [6, 6.07) is 8.44. The number of carbonyl (C=O) groups is 3. The van der Waals surface area contributed by atoms with Crippen LogP contribution in [0.5, 0.6) is 0 Å². The van der Waals surface area contributed by atoms with E-state index in [9.17, 15) is 14.4 Å². The lowest BCUT2D eigenvalue weighted by Gasteiger charge is -2.35. The minimum Gasteiger partial charge on any atom is -0.352 e. The van der Waals surface area contributed by atoms with Gasteiger partial charge in [-0.25, -0.2) is 4.79 Å². The van der Waals surface area contributed by atoms with Crippen molar-refractivity contribution in [3.63, 3.8) is 0 Å². The zero-order valence-electron chi connectivity index (χ0n) is 15.6. The van der Waals surface area contributed by atoms with E-state index < -0.39 is 12.1 Å². The lowest BCUT2D eigenvalue weighted by atomic mass is 10.2. The predicted octanol–water partition coefficient (Wildman–Crippen LogP) is 0.619. The van der Waals surface area contributed by atoms with Crippen LogP contribution in [0.1, 0.15) is 19.8 Å². The van der Waals surface area contributed by atoms with Gasteiger partial charge in [0.25, 0.3) is 0 Å². The van der Waals surface area contributed by atoms with E-state index in [0.29, 0.717) is 44.5 Å². The lowest BCUT2D eigenvalue weighted by molar-refractivity contribution is -0.134. The molecule has 0 bridgehead atoms. The summed E-state index contributed by atoms with van der Waals surface area (Å²) in [5, 5.41) is 8.36. The average Bonchev–Trinajstić information content (AvgIpc) is 3.46. The van der Waals surface area contributed by atoms with Crippen LogP contribution >= 0.6 is 0 Å². The average molecular weight is 373 g/mol. The Morgan fingerprint density at radius 2 is 1.74 bits per heavy atom. The van der Waals surface area contributed by atoms with Crippen molar-refractivity contribution in [1.29, 1.82) is 0 Å². The lowest BCUT2D eigenvalue weighted by Crippen LogP contribution is -2.55. The summed E-state index contributed by atoms with van der Waals surface area (Å²) in [7, 11) is 0. The minimum atomic E-state index is -0.613. The van der Waals surface area contributed by atoms with E-state index in [2.05, 4.69) is 20.9 Å². The van der Waals surface area contributed by atoms with Gasteiger partial charge in [-0.2, -0.15) is 0 Å². The first kappa shape index (κ1) is 19.2. The summed E-state index contributed by atoms with van der Waals surface area (Å²) >= 11 is 0. The van der Waals surface area contributed by atoms with E-state index in [-0.39, 0.29) is 11.8 Å². The van der Waals surface area contributed by atoms with Crippen molar-refractivity contribution in [3.8, 4) is 0 Å². The second-order valence-corrected chi connectivity index (χ2v) is 7.13. The first-order valence-electron chi connectivity index (χ1n) is 9.44. The molecule has 0 unspecified atom stereocenters. The first-order valence-corrected chi connectivity index (χ1v) is 9.44. The second-order valence-electron chi connectivity index (χ2n) is 7.13. The van der Waals surface area contributed by atoms with Gasteiger partial charge < -0.3 is 20.9 Å². The van der Waals surface area contributed by atoms with Gasteiger partial charge in [-0.15, -0.1) is 0 Å². The minimum absolute atomic E-state index is 0.0601. The van der Waals surface area contributed by atoms with Crippen molar-refractivity contribution in [2.75, 3.05) is 38.0 Å². The van der Waals surface area contributed by atoms with Crippen molar-refractivity contribution in [3.05, 3.63) is 30.3 Å². The number of carbonyl (C=O) groups excluding carboxylic acids is 3. The highest BCUT2D eigenvalue weighted by molar-refractivity contribution is 5.93. The van der Waals surface area contributed by atoms with E-state index in [1.165, 1.54) is 0 Å². The Kier molecular flexibility index (Phi) is 6.28. The molecule has 1 aliphatic heterocycles. The quantitative estimate of drug-likeness (QED) is 0.681. The fourth-order valence-corrected chi connectivity index (χ4v) is 3.05. The van der Waals surface area contributed by atoms with Gasteiger partial charge in [-0.3, -0.25) is 14.5 Å². The van der Waals surface area contributed by atoms with Crippen molar-refractivity contribution in [1.82, 2.24) is 20.4 Å². The fourth-order valence-electron chi connectivity index (χ4n) is 3.05. The molecule has 1 aliphatic carbocycles. The van der Waals surface area contributed by atoms with Crippen LogP contribution in [0, 0.1) is 0 Å². The molecule has 1 atom stereocenters. The number of benzene rings is 1. The van der Waals surface area contributed by atoms with Crippen LogP contribution in [0.4, 0.5) is 10.5 Å². The summed E-state index contributed by atoms with van der Waals surface area (Å²) in [5.41, 5.74) is 0.674. The van der Waals surface area contributed by atoms with Gasteiger partial charge >= 0.3 is 6.03 Å². The summed E-state index contributed by atoms with van der Waals surface area (Å²) in [6.07, 6.45) is 2.16. The van der Waals surface area contributed by atoms with Crippen LogP contribution in [0.2, 0.25) is 0 Å². The third-order valence-corrected chi connectivity index (χ3v) is 4.74. The molecular weight excluding hydrogens is 346 g/mol. The van der Waals surface area contributed by atoms with Gasteiger partial charge in [-0.05, 0) is 31.9 Å². The molecule has 8 nitrogen and oxygen atoms in total. The predicted molar refractivity (Wildman–Crippen MR) is 102 cm³/mol. The van der Waals surface area contributed by atoms with Crippen molar-refractivity contribution >= 4 is 23.5 Å². The Labute approximate surface area is 159 Å². The number of anilines is 1. The molecule has 3 rings (SSSR count). The van der Waals surface area contributed by atoms with Gasteiger partial charge in [0.1, 0.15) is 6.04 Å². The number of amides is 4. The zero-order valence-corrected chi connectivity index (χ0v) is 15.6. The summed E-state index contributed by atoms with van der Waals surface area (Å²) in [6.45, 7) is 4.50. The Hall–Kier alpha value is -2.61. The van der Waals surface area contributed by atoms with Gasteiger partial charge in [-0.1, -0.05) is 18.2 Å². The molecule has 1 saturated heterocycles. The zero-order chi connectivity index (χ0) is 19.2. The molecule has 3 N–H and O–H groups in total. The molecule has 1 aromatic carbocycles. The number of urea groups is 1. The van der Waals surface area contributed by atoms with Gasteiger partial charge in [0.2, 0.25) is 11.8 Å². The number of rotatable bonds is 6. The Morgan fingerprint density at radius 3 is 2.37 bits per heavy atom. The largest absolute Gasteiger partial charge is 0.352 e. The Balaban J connectivity index is 1.38. The smallest absolute Gasteiger partial charge is 0.319 e. The van der Waals surface area contributed by atoms with Crippen molar-refractivity contribution in [2.45, 2.75) is 31.8 Å². The van der Waals surface area contributed by atoms with E-state index >= 15 is 0 Å². The summed E-state index contributed by atoms with van der Waals surface area (Å²) in [4.78, 5) is 40.3. The highest BCUT2D eigenvalue weighted by atomic mass is 16.2. The first-order chi connectivity index (χ1) is 13.0. The molecule has 0 radical (unpaired) electrons. The monoisotopic (exact) mass is 373 g/mol. The number of piperazine rings is 1. The Bertz CT molecular complexity index is 669. The number of nitrogens with zero attached hydrogens (tertiary/aromatic N) is 2. The van der Waals surface area contributed by atoms with Crippen molar-refractivity contribution in [2.24, 2.45) is 0 Å². The molecule has 2 aliphatic rings. The Morgan fingerprint density at radius 1 is 1.07 bits per heavy atom. The maximum Gasteiger partial charge on any atom is 0.319 e. The van der Waals surface area contributed by atoms with E-state index in [0.717, 1.165) is 12.8 Å². The number of hydrogen-bond acceptors (Lipinski definition) is 4. The van der Waals surface area contributed by atoms with Crippen LogP contribution in [-0.2, 0) is 9.59 Å². The normalized spacial score (nSPS) is 18.5. The molecule has 1 aromatic rings. The molecular formula is C19H27N5O3. The maximum atomic E-state index is 12.6. The molecule has 146 valence electrons. The third kappa shape index (κ3) is 5.96. The van der Waals surface area contributed by atoms with Crippen LogP contribution in [-0.4, -0.2) is 72.5 Å². The molecule has 0 aromatic heterocycles. The fraction of sp³-hybridized carbons (Fsp3) is 0.526. The highest BCUT2D eigenvalue weighted by Crippen LogP contribution is 2.18. The standard InChI is InChI=1S/C19H27N5O3/c1-14(20-19(27)22-15-5-3-2-4-6-15)18(26)24-11-9-23(10-12-24)13-17(25)21-16-7-8-16/h2-6,14,16H,7-13H2,1H3,(H,21,25)(H2,20,22,27)/t14-/m1/s1. The maximum absolute atomic E-state index is 12.6. The molecule has 1 heterocycles. The van der Waals surface area contributed by atoms with Crippen molar-refractivity contribution < 1.29 is 14.4 Å². The molecule has 2 fully saturated rings. The third-order valence-electron chi connectivity index (χ3n) is 4.74. The molecule has 4 amide bonds. The van der Waals surface area contributed by atoms with Gasteiger partial charge in [0, 0.05) is 37.9 Å². The number of hydrogen-bond donors (Lipinski definition) is 3. The number of nitrogens with one attached hydrogen (secondary N) is 3. The van der Waals surface area contributed by atoms with E-state index in [1.54, 1.807) is 24.0 Å². The molecule has 0 spiro atoms. The van der Waals surface area contributed by atoms with Gasteiger partial charge in [0.05, 0.1) is 6.54 Å². The van der Waals surface area contributed by atoms with Crippen LogP contribution < -0.4 is 16.0 Å².